The molecule has 0 aromatic rings. The van der Waals surface area contributed by atoms with Crippen LogP contribution in [0.2, 0.25) is 0 Å². The molecular weight excluding hydrogens is 351 g/mol. The van der Waals surface area contributed by atoms with Crippen LogP contribution in [0.25, 0.3) is 0 Å². The fourth-order valence-electron chi connectivity index (χ4n) is 1.86. The molecule has 4 nitrogen and oxygen atoms in total. The molecule has 0 amide bonds. The first-order valence-electron chi connectivity index (χ1n) is 7.42. The number of guanidine groups is 1. The van der Waals surface area contributed by atoms with E-state index in [0.29, 0.717) is 12.0 Å². The zero-order valence-corrected chi connectivity index (χ0v) is 15.4. The summed E-state index contributed by atoms with van der Waals surface area (Å²) in [5, 5.41) is 3.18. The van der Waals surface area contributed by atoms with E-state index < -0.39 is 0 Å². The first-order chi connectivity index (χ1) is 8.63. The molecule has 1 atom stereocenters. The standard InChI is InChI=1S/C14H32N4.HI/c1-5-10-18(11-6-2)12-8-9-16-14(15)17-13(4)7-3;/h13H,5-12H2,1-4H3,(H3,15,16,17);1H. The minimum Gasteiger partial charge on any atom is -0.370 e. The third-order valence-corrected chi connectivity index (χ3v) is 3.00. The van der Waals surface area contributed by atoms with Crippen LogP contribution < -0.4 is 11.1 Å². The first-order valence-corrected chi connectivity index (χ1v) is 7.42. The predicted octanol–water partition coefficient (Wildman–Crippen LogP) is 2.82. The van der Waals surface area contributed by atoms with Crippen LogP contribution in [0, 0.1) is 0 Å². The van der Waals surface area contributed by atoms with Gasteiger partial charge in [0.2, 0.25) is 0 Å². The maximum absolute atomic E-state index is 5.81. The van der Waals surface area contributed by atoms with Gasteiger partial charge in [0, 0.05) is 12.6 Å². The topological polar surface area (TPSA) is 53.6 Å². The van der Waals surface area contributed by atoms with Gasteiger partial charge in [-0.25, -0.2) is 0 Å². The van der Waals surface area contributed by atoms with Crippen molar-refractivity contribution in [2.45, 2.75) is 59.4 Å². The number of halogens is 1. The van der Waals surface area contributed by atoms with E-state index in [0.717, 1.165) is 25.9 Å². The average Bonchev–Trinajstić information content (AvgIpc) is 2.34. The highest BCUT2D eigenvalue weighted by atomic mass is 127. The Kier molecular flexibility index (Phi) is 16.1. The molecule has 1 unspecified atom stereocenters. The van der Waals surface area contributed by atoms with Crippen LogP contribution in [0.1, 0.15) is 53.4 Å². The van der Waals surface area contributed by atoms with Gasteiger partial charge in [-0.3, -0.25) is 4.99 Å². The Labute approximate surface area is 136 Å². The summed E-state index contributed by atoms with van der Waals surface area (Å²) in [6, 6.07) is 0.408. The Bertz CT molecular complexity index is 215. The molecule has 0 rings (SSSR count). The van der Waals surface area contributed by atoms with Crippen LogP contribution in [0.15, 0.2) is 4.99 Å². The molecule has 0 bridgehead atoms. The Morgan fingerprint density at radius 2 is 1.74 bits per heavy atom. The summed E-state index contributed by atoms with van der Waals surface area (Å²) in [7, 11) is 0. The quantitative estimate of drug-likeness (QED) is 0.264. The molecule has 0 aliphatic heterocycles. The van der Waals surface area contributed by atoms with Crippen molar-refractivity contribution >= 4 is 29.9 Å². The summed E-state index contributed by atoms with van der Waals surface area (Å²) in [6.07, 6.45) is 4.60. The summed E-state index contributed by atoms with van der Waals surface area (Å²) in [5.41, 5.74) is 5.81. The van der Waals surface area contributed by atoms with Crippen molar-refractivity contribution in [2.24, 2.45) is 10.7 Å². The lowest BCUT2D eigenvalue weighted by Crippen LogP contribution is -2.38. The van der Waals surface area contributed by atoms with Gasteiger partial charge in [-0.15, -0.1) is 24.0 Å². The van der Waals surface area contributed by atoms with E-state index in [-0.39, 0.29) is 24.0 Å². The number of hydrogen-bond acceptors (Lipinski definition) is 2. The number of aliphatic imine (C=N–C) groups is 1. The number of hydrogen-bond donors (Lipinski definition) is 2. The van der Waals surface area contributed by atoms with Crippen molar-refractivity contribution in [1.29, 1.82) is 0 Å². The van der Waals surface area contributed by atoms with Crippen molar-refractivity contribution in [3.8, 4) is 0 Å². The molecule has 0 spiro atoms. The molecule has 0 heterocycles. The molecule has 0 saturated heterocycles. The van der Waals surface area contributed by atoms with Gasteiger partial charge in [-0.2, -0.15) is 0 Å². The number of nitrogens with two attached hydrogens (primary N) is 1. The third kappa shape index (κ3) is 12.7. The summed E-state index contributed by atoms with van der Waals surface area (Å²) in [4.78, 5) is 6.87. The summed E-state index contributed by atoms with van der Waals surface area (Å²) < 4.78 is 0. The molecule has 3 N–H and O–H groups in total. The lowest BCUT2D eigenvalue weighted by atomic mass is 10.3. The first kappa shape index (κ1) is 21.3. The Balaban J connectivity index is 0. The zero-order chi connectivity index (χ0) is 13.8. The van der Waals surface area contributed by atoms with Gasteiger partial charge >= 0.3 is 0 Å². The van der Waals surface area contributed by atoms with Crippen LogP contribution in [0.4, 0.5) is 0 Å². The maximum atomic E-state index is 5.81. The van der Waals surface area contributed by atoms with Crippen molar-refractivity contribution in [1.82, 2.24) is 10.2 Å². The average molecular weight is 384 g/mol. The van der Waals surface area contributed by atoms with Crippen LogP contribution in [-0.2, 0) is 0 Å². The molecular formula is C14H33IN4. The van der Waals surface area contributed by atoms with E-state index in [9.17, 15) is 0 Å². The van der Waals surface area contributed by atoms with Gasteiger partial charge in [0.15, 0.2) is 5.96 Å². The van der Waals surface area contributed by atoms with Gasteiger partial charge in [-0.05, 0) is 52.2 Å². The van der Waals surface area contributed by atoms with Crippen LogP contribution >= 0.6 is 24.0 Å². The second kappa shape index (κ2) is 14.4. The molecule has 0 aliphatic rings. The van der Waals surface area contributed by atoms with E-state index in [4.69, 9.17) is 5.73 Å². The van der Waals surface area contributed by atoms with Crippen molar-refractivity contribution in [3.05, 3.63) is 0 Å². The molecule has 0 saturated carbocycles. The lowest BCUT2D eigenvalue weighted by Gasteiger charge is -2.20. The Hall–Kier alpha value is -0.0400. The van der Waals surface area contributed by atoms with Gasteiger partial charge in [0.05, 0.1) is 0 Å². The summed E-state index contributed by atoms with van der Waals surface area (Å²) >= 11 is 0. The van der Waals surface area contributed by atoms with E-state index in [1.807, 2.05) is 0 Å². The summed E-state index contributed by atoms with van der Waals surface area (Å²) in [5.74, 6) is 0.585. The monoisotopic (exact) mass is 384 g/mol. The van der Waals surface area contributed by atoms with Crippen molar-refractivity contribution in [2.75, 3.05) is 26.2 Å². The van der Waals surface area contributed by atoms with Crippen molar-refractivity contribution < 1.29 is 0 Å². The lowest BCUT2D eigenvalue weighted by molar-refractivity contribution is 0.273. The fraction of sp³-hybridized carbons (Fsp3) is 0.929. The molecule has 0 aromatic heterocycles. The largest absolute Gasteiger partial charge is 0.370 e. The zero-order valence-electron chi connectivity index (χ0n) is 13.1. The normalized spacial score (nSPS) is 13.2. The highest BCUT2D eigenvalue weighted by molar-refractivity contribution is 14.0. The van der Waals surface area contributed by atoms with Gasteiger partial charge in [0.25, 0.3) is 0 Å². The van der Waals surface area contributed by atoms with E-state index >= 15 is 0 Å². The second-order valence-electron chi connectivity index (χ2n) is 4.92. The minimum absolute atomic E-state index is 0. The Morgan fingerprint density at radius 1 is 1.16 bits per heavy atom. The molecule has 0 fully saturated rings. The highest BCUT2D eigenvalue weighted by Gasteiger charge is 2.02. The van der Waals surface area contributed by atoms with Gasteiger partial charge in [0.1, 0.15) is 0 Å². The molecule has 0 aliphatic carbocycles. The predicted molar refractivity (Wildman–Crippen MR) is 96.4 cm³/mol. The van der Waals surface area contributed by atoms with Gasteiger partial charge < -0.3 is 16.0 Å². The van der Waals surface area contributed by atoms with Crippen molar-refractivity contribution in [3.63, 3.8) is 0 Å². The van der Waals surface area contributed by atoms with E-state index in [2.05, 4.69) is 42.9 Å². The maximum Gasteiger partial charge on any atom is 0.188 e. The van der Waals surface area contributed by atoms with E-state index in [1.54, 1.807) is 0 Å². The second-order valence-corrected chi connectivity index (χ2v) is 4.92. The van der Waals surface area contributed by atoms with Gasteiger partial charge in [-0.1, -0.05) is 20.8 Å². The molecule has 0 radical (unpaired) electrons. The highest BCUT2D eigenvalue weighted by Crippen LogP contribution is 1.96. The smallest absolute Gasteiger partial charge is 0.188 e. The van der Waals surface area contributed by atoms with E-state index in [1.165, 1.54) is 25.9 Å². The molecule has 116 valence electrons. The fourth-order valence-corrected chi connectivity index (χ4v) is 1.86. The number of nitrogens with zero attached hydrogens (tertiary/aromatic N) is 2. The van der Waals surface area contributed by atoms with Crippen LogP contribution in [-0.4, -0.2) is 43.1 Å². The Morgan fingerprint density at radius 3 is 2.21 bits per heavy atom. The SMILES string of the molecule is CCCN(CCC)CCCN=C(N)NC(C)CC.I. The molecule has 0 aromatic carbocycles. The number of nitrogens with one attached hydrogen (secondary N) is 1. The van der Waals surface area contributed by atoms with Crippen LogP contribution in [0.5, 0.6) is 0 Å². The molecule has 19 heavy (non-hydrogen) atoms. The molecule has 5 heteroatoms. The minimum atomic E-state index is 0. The van der Waals surface area contributed by atoms with Crippen LogP contribution in [0.3, 0.4) is 0 Å². The number of rotatable bonds is 10. The summed E-state index contributed by atoms with van der Waals surface area (Å²) in [6.45, 7) is 13.0. The third-order valence-electron chi connectivity index (χ3n) is 3.00.